The summed E-state index contributed by atoms with van der Waals surface area (Å²) in [6.45, 7) is 0.110. The third-order valence-electron chi connectivity index (χ3n) is 7.32. The van der Waals surface area contributed by atoms with E-state index in [0.717, 1.165) is 49.4 Å². The molecule has 5 aromatic carbocycles. The van der Waals surface area contributed by atoms with Crippen LogP contribution in [-0.4, -0.2) is 29.8 Å². The molecule has 0 saturated carbocycles. The number of rotatable bonds is 6. The van der Waals surface area contributed by atoms with E-state index in [1.54, 1.807) is 0 Å². The third-order valence-corrected chi connectivity index (χ3v) is 7.73. The number of carboxylic acid groups (broad SMARTS) is 1. The van der Waals surface area contributed by atoms with Gasteiger partial charge < -0.3 is 15.2 Å². The predicted molar refractivity (Wildman–Crippen MR) is 150 cm³/mol. The van der Waals surface area contributed by atoms with E-state index >= 15 is 0 Å². The van der Waals surface area contributed by atoms with Crippen molar-refractivity contribution >= 4 is 45.2 Å². The molecule has 0 bridgehead atoms. The number of aliphatic carboxylic acids is 1. The highest BCUT2D eigenvalue weighted by molar-refractivity contribution is 6.41. The van der Waals surface area contributed by atoms with Crippen LogP contribution in [0.2, 0.25) is 5.02 Å². The van der Waals surface area contributed by atoms with Crippen LogP contribution in [0.3, 0.4) is 0 Å². The van der Waals surface area contributed by atoms with E-state index in [-0.39, 0.29) is 18.9 Å². The molecule has 5 nitrogen and oxygen atoms in total. The van der Waals surface area contributed by atoms with E-state index in [4.69, 9.17) is 16.3 Å². The molecular formula is C32H24ClNO4. The van der Waals surface area contributed by atoms with Crippen LogP contribution in [0.1, 0.15) is 22.6 Å². The Hall–Kier alpha value is -4.35. The Morgan fingerprint density at radius 2 is 1.24 bits per heavy atom. The van der Waals surface area contributed by atoms with Gasteiger partial charge in [0.25, 0.3) is 0 Å². The van der Waals surface area contributed by atoms with Gasteiger partial charge in [0.2, 0.25) is 0 Å². The van der Waals surface area contributed by atoms with Crippen LogP contribution in [-0.2, 0) is 16.0 Å². The number of carbonyl (C=O) groups is 2. The third kappa shape index (κ3) is 4.15. The minimum atomic E-state index is -1.18. The largest absolute Gasteiger partial charge is 0.480 e. The maximum atomic E-state index is 12.9. The molecular weight excluding hydrogens is 498 g/mol. The first-order valence-corrected chi connectivity index (χ1v) is 12.8. The van der Waals surface area contributed by atoms with Gasteiger partial charge in [-0.3, -0.25) is 0 Å². The molecule has 0 spiro atoms. The number of hydrogen-bond acceptors (Lipinski definition) is 3. The standard InChI is InChI=1S/C32H24ClNO4/c33-30-25-15-7-5-13-23(25)27(24-14-6-8-16-26(24)30)17-29(31(35)36)34-32(37)38-18-28-21-11-3-1-9-19(21)20-10-2-4-12-22(20)28/h1-16,28-29H,17-18H2,(H,34,37)(H,35,36). The van der Waals surface area contributed by atoms with Gasteiger partial charge in [-0.25, -0.2) is 9.59 Å². The molecule has 0 heterocycles. The second-order valence-corrected chi connectivity index (χ2v) is 9.83. The van der Waals surface area contributed by atoms with E-state index < -0.39 is 18.1 Å². The molecule has 0 saturated heterocycles. The number of ether oxygens (including phenoxy) is 1. The summed E-state index contributed by atoms with van der Waals surface area (Å²) in [5, 5.41) is 16.6. The summed E-state index contributed by atoms with van der Waals surface area (Å²) in [6.07, 6.45) is -0.681. The molecule has 2 N–H and O–H groups in total. The summed E-state index contributed by atoms with van der Waals surface area (Å²) < 4.78 is 5.62. The van der Waals surface area contributed by atoms with Crippen molar-refractivity contribution in [3.05, 3.63) is 119 Å². The van der Waals surface area contributed by atoms with Crippen LogP contribution in [0.4, 0.5) is 4.79 Å². The Kier molecular flexibility index (Phi) is 6.22. The fraction of sp³-hybridized carbons (Fsp3) is 0.125. The van der Waals surface area contributed by atoms with Crippen molar-refractivity contribution in [1.29, 1.82) is 0 Å². The number of nitrogens with one attached hydrogen (secondary N) is 1. The molecule has 0 radical (unpaired) electrons. The lowest BCUT2D eigenvalue weighted by molar-refractivity contribution is -0.139. The van der Waals surface area contributed by atoms with Crippen molar-refractivity contribution < 1.29 is 19.4 Å². The highest BCUT2D eigenvalue weighted by atomic mass is 35.5. The first-order valence-electron chi connectivity index (χ1n) is 12.4. The molecule has 1 amide bonds. The normalized spacial score (nSPS) is 13.2. The molecule has 0 fully saturated rings. The molecule has 5 aromatic rings. The van der Waals surface area contributed by atoms with E-state index in [0.29, 0.717) is 5.02 Å². The van der Waals surface area contributed by atoms with Gasteiger partial charge in [-0.1, -0.05) is 109 Å². The molecule has 188 valence electrons. The van der Waals surface area contributed by atoms with Crippen LogP contribution in [0.15, 0.2) is 97.1 Å². The molecule has 6 heteroatoms. The topological polar surface area (TPSA) is 75.6 Å². The van der Waals surface area contributed by atoms with E-state index in [1.165, 1.54) is 0 Å². The fourth-order valence-corrected chi connectivity index (χ4v) is 5.90. The zero-order valence-electron chi connectivity index (χ0n) is 20.4. The maximum absolute atomic E-state index is 12.9. The Morgan fingerprint density at radius 3 is 1.76 bits per heavy atom. The summed E-state index contributed by atoms with van der Waals surface area (Å²) in [7, 11) is 0. The predicted octanol–water partition coefficient (Wildman–Crippen LogP) is 7.18. The second kappa shape index (κ2) is 9.84. The van der Waals surface area contributed by atoms with Gasteiger partial charge in [-0.2, -0.15) is 0 Å². The molecule has 0 aliphatic heterocycles. The average molecular weight is 522 g/mol. The van der Waals surface area contributed by atoms with E-state index in [1.807, 2.05) is 84.9 Å². The molecule has 0 aromatic heterocycles. The molecule has 38 heavy (non-hydrogen) atoms. The summed E-state index contributed by atoms with van der Waals surface area (Å²) in [6, 6.07) is 30.2. The SMILES string of the molecule is O=C(NC(Cc1c2ccccc2c(Cl)c2ccccc12)C(=O)O)OCC1c2ccccc2-c2ccccc21. The van der Waals surface area contributed by atoms with Crippen LogP contribution < -0.4 is 5.32 Å². The Bertz CT molecular complexity index is 1610. The molecule has 1 unspecified atom stereocenters. The summed E-state index contributed by atoms with van der Waals surface area (Å²) in [4.78, 5) is 25.2. The number of amides is 1. The van der Waals surface area contributed by atoms with Gasteiger partial charge in [-0.15, -0.1) is 0 Å². The number of halogens is 1. The van der Waals surface area contributed by atoms with Crippen LogP contribution in [0.5, 0.6) is 0 Å². The number of fused-ring (bicyclic) bond motifs is 5. The van der Waals surface area contributed by atoms with E-state index in [9.17, 15) is 14.7 Å². The van der Waals surface area contributed by atoms with Crippen molar-refractivity contribution in [2.45, 2.75) is 18.4 Å². The summed E-state index contributed by atoms with van der Waals surface area (Å²) >= 11 is 6.70. The number of benzene rings is 5. The first kappa shape index (κ1) is 24.0. The van der Waals surface area contributed by atoms with Crippen LogP contribution in [0.25, 0.3) is 32.7 Å². The lowest BCUT2D eigenvalue weighted by Crippen LogP contribution is -2.43. The van der Waals surface area contributed by atoms with E-state index in [2.05, 4.69) is 17.4 Å². The molecule has 1 aliphatic rings. The van der Waals surface area contributed by atoms with Crippen molar-refractivity contribution in [2.75, 3.05) is 6.61 Å². The minimum Gasteiger partial charge on any atom is -0.480 e. The maximum Gasteiger partial charge on any atom is 0.407 e. The summed E-state index contributed by atoms with van der Waals surface area (Å²) in [5.41, 5.74) is 5.25. The minimum absolute atomic E-state index is 0.0811. The average Bonchev–Trinajstić information content (AvgIpc) is 3.27. The Labute approximate surface area is 224 Å². The quantitative estimate of drug-likeness (QED) is 0.232. The zero-order chi connectivity index (χ0) is 26.2. The van der Waals surface area contributed by atoms with Gasteiger partial charge in [0.1, 0.15) is 12.6 Å². The molecule has 1 aliphatic carbocycles. The number of alkyl carbamates (subject to hydrolysis) is 1. The monoisotopic (exact) mass is 521 g/mol. The lowest BCUT2D eigenvalue weighted by atomic mass is 9.92. The van der Waals surface area contributed by atoms with Gasteiger partial charge >= 0.3 is 12.1 Å². The van der Waals surface area contributed by atoms with Crippen molar-refractivity contribution in [3.8, 4) is 11.1 Å². The highest BCUT2D eigenvalue weighted by Gasteiger charge is 2.30. The number of hydrogen-bond donors (Lipinski definition) is 2. The van der Waals surface area contributed by atoms with Gasteiger partial charge in [-0.05, 0) is 38.6 Å². The molecule has 1 atom stereocenters. The van der Waals surface area contributed by atoms with Crippen molar-refractivity contribution in [2.24, 2.45) is 0 Å². The van der Waals surface area contributed by atoms with Crippen LogP contribution in [0, 0.1) is 0 Å². The number of carboxylic acids is 1. The number of carbonyl (C=O) groups excluding carboxylic acids is 1. The summed E-state index contributed by atoms with van der Waals surface area (Å²) in [5.74, 6) is -1.25. The van der Waals surface area contributed by atoms with Crippen molar-refractivity contribution in [1.82, 2.24) is 5.32 Å². The lowest BCUT2D eigenvalue weighted by Gasteiger charge is -2.20. The molecule has 6 rings (SSSR count). The van der Waals surface area contributed by atoms with Crippen molar-refractivity contribution in [3.63, 3.8) is 0 Å². The van der Waals surface area contributed by atoms with Crippen LogP contribution >= 0.6 is 11.6 Å². The Morgan fingerprint density at radius 1 is 0.763 bits per heavy atom. The van der Waals surface area contributed by atoms with Gasteiger partial charge in [0, 0.05) is 23.1 Å². The van der Waals surface area contributed by atoms with Gasteiger partial charge in [0.05, 0.1) is 5.02 Å². The first-order chi connectivity index (χ1) is 18.5. The fourth-order valence-electron chi connectivity index (χ4n) is 5.57. The zero-order valence-corrected chi connectivity index (χ0v) is 21.1. The smallest absolute Gasteiger partial charge is 0.407 e. The Balaban J connectivity index is 1.25. The highest BCUT2D eigenvalue weighted by Crippen LogP contribution is 2.44. The second-order valence-electron chi connectivity index (χ2n) is 9.45. The van der Waals surface area contributed by atoms with Gasteiger partial charge in [0.15, 0.2) is 0 Å².